The summed E-state index contributed by atoms with van der Waals surface area (Å²) in [4.78, 5) is 29.1. The van der Waals surface area contributed by atoms with Gasteiger partial charge in [0.25, 0.3) is 5.91 Å². The molecule has 0 aliphatic heterocycles. The van der Waals surface area contributed by atoms with Crippen molar-refractivity contribution >= 4 is 22.6 Å². The Labute approximate surface area is 116 Å². The number of benzene rings is 1. The smallest absolute Gasteiger partial charge is 0.329 e. The zero-order valence-corrected chi connectivity index (χ0v) is 11.6. The van der Waals surface area contributed by atoms with Gasteiger partial charge < -0.3 is 10.0 Å². The number of carboxylic acid groups (broad SMARTS) is 1. The molecule has 0 saturated carbocycles. The summed E-state index contributed by atoms with van der Waals surface area (Å²) in [6, 6.07) is 9.20. The molecule has 20 heavy (non-hydrogen) atoms. The first-order valence-electron chi connectivity index (χ1n) is 6.21. The maximum atomic E-state index is 12.5. The van der Waals surface area contributed by atoms with Crippen LogP contribution in [0.1, 0.15) is 24.3 Å². The topological polar surface area (TPSA) is 70.5 Å². The average molecular weight is 272 g/mol. The van der Waals surface area contributed by atoms with Crippen LogP contribution in [0.25, 0.3) is 10.8 Å². The van der Waals surface area contributed by atoms with E-state index in [1.54, 1.807) is 12.3 Å². The van der Waals surface area contributed by atoms with Crippen molar-refractivity contribution < 1.29 is 14.7 Å². The van der Waals surface area contributed by atoms with Gasteiger partial charge in [-0.05, 0) is 25.3 Å². The Morgan fingerprint density at radius 3 is 2.50 bits per heavy atom. The van der Waals surface area contributed by atoms with Crippen LogP contribution in [0.3, 0.4) is 0 Å². The van der Waals surface area contributed by atoms with Crippen LogP contribution in [-0.2, 0) is 4.79 Å². The highest BCUT2D eigenvalue weighted by Crippen LogP contribution is 2.21. The van der Waals surface area contributed by atoms with Crippen LogP contribution in [0, 0.1) is 0 Å². The molecule has 5 heteroatoms. The molecule has 0 atom stereocenters. The van der Waals surface area contributed by atoms with Gasteiger partial charge in [-0.2, -0.15) is 0 Å². The van der Waals surface area contributed by atoms with Crippen LogP contribution in [0.4, 0.5) is 0 Å². The minimum absolute atomic E-state index is 0.264. The largest absolute Gasteiger partial charge is 0.480 e. The maximum Gasteiger partial charge on any atom is 0.329 e. The van der Waals surface area contributed by atoms with Crippen LogP contribution >= 0.6 is 0 Å². The number of fused-ring (bicyclic) bond motifs is 1. The lowest BCUT2D eigenvalue weighted by molar-refractivity contribution is -0.147. The molecule has 0 unspecified atom stereocenters. The Bertz CT molecular complexity index is 674. The summed E-state index contributed by atoms with van der Waals surface area (Å²) in [5.74, 6) is -1.47. The summed E-state index contributed by atoms with van der Waals surface area (Å²) in [6.45, 7) is 2.97. The van der Waals surface area contributed by atoms with Crippen molar-refractivity contribution in [2.45, 2.75) is 19.4 Å². The first kappa shape index (κ1) is 14.0. The summed E-state index contributed by atoms with van der Waals surface area (Å²) in [5.41, 5.74) is -1.03. The van der Waals surface area contributed by atoms with Gasteiger partial charge in [0, 0.05) is 18.6 Å². The Balaban J connectivity index is 2.49. The van der Waals surface area contributed by atoms with E-state index in [2.05, 4.69) is 4.98 Å². The SMILES string of the molecule is CN(C(=O)c1nccc2ccccc12)C(C)(C)C(=O)O. The second kappa shape index (κ2) is 4.92. The zero-order chi connectivity index (χ0) is 14.9. The number of nitrogens with zero attached hydrogens (tertiary/aromatic N) is 2. The highest BCUT2D eigenvalue weighted by Gasteiger charge is 2.36. The lowest BCUT2D eigenvalue weighted by Gasteiger charge is -2.31. The molecule has 0 spiro atoms. The number of likely N-dealkylation sites (N-methyl/N-ethyl adjacent to an activating group) is 1. The number of carboxylic acids is 1. The van der Waals surface area contributed by atoms with Crippen molar-refractivity contribution in [3.05, 3.63) is 42.2 Å². The van der Waals surface area contributed by atoms with Crippen LogP contribution in [0.2, 0.25) is 0 Å². The number of pyridine rings is 1. The molecule has 1 aromatic carbocycles. The number of carbonyl (C=O) groups is 2. The van der Waals surface area contributed by atoms with Gasteiger partial charge in [-0.1, -0.05) is 24.3 Å². The van der Waals surface area contributed by atoms with Crippen molar-refractivity contribution in [3.8, 4) is 0 Å². The third-order valence-electron chi connectivity index (χ3n) is 3.54. The third-order valence-corrected chi connectivity index (χ3v) is 3.54. The monoisotopic (exact) mass is 272 g/mol. The quantitative estimate of drug-likeness (QED) is 0.929. The fourth-order valence-electron chi connectivity index (χ4n) is 1.85. The van der Waals surface area contributed by atoms with E-state index in [0.29, 0.717) is 5.39 Å². The highest BCUT2D eigenvalue weighted by molar-refractivity contribution is 6.06. The summed E-state index contributed by atoms with van der Waals surface area (Å²) < 4.78 is 0. The molecule has 0 radical (unpaired) electrons. The first-order chi connectivity index (χ1) is 9.35. The fourth-order valence-corrected chi connectivity index (χ4v) is 1.85. The van der Waals surface area contributed by atoms with Gasteiger partial charge in [0.1, 0.15) is 11.2 Å². The zero-order valence-electron chi connectivity index (χ0n) is 11.6. The molecule has 2 aromatic rings. The fraction of sp³-hybridized carbons (Fsp3) is 0.267. The maximum absolute atomic E-state index is 12.5. The van der Waals surface area contributed by atoms with Gasteiger partial charge in [-0.3, -0.25) is 9.78 Å². The van der Waals surface area contributed by atoms with Crippen LogP contribution in [0.5, 0.6) is 0 Å². The van der Waals surface area contributed by atoms with Gasteiger partial charge in [0.2, 0.25) is 0 Å². The number of carbonyl (C=O) groups excluding carboxylic acids is 1. The number of amides is 1. The van der Waals surface area contributed by atoms with E-state index in [1.165, 1.54) is 25.8 Å². The number of hydrogen-bond acceptors (Lipinski definition) is 3. The Morgan fingerprint density at radius 1 is 1.20 bits per heavy atom. The minimum atomic E-state index is -1.30. The van der Waals surface area contributed by atoms with Gasteiger partial charge >= 0.3 is 5.97 Å². The Hall–Kier alpha value is -2.43. The van der Waals surface area contributed by atoms with Gasteiger partial charge in [-0.15, -0.1) is 0 Å². The Morgan fingerprint density at radius 2 is 1.85 bits per heavy atom. The lowest BCUT2D eigenvalue weighted by Crippen LogP contribution is -2.51. The second-order valence-electron chi connectivity index (χ2n) is 5.11. The molecule has 0 saturated heterocycles. The lowest BCUT2D eigenvalue weighted by atomic mass is 10.0. The first-order valence-corrected chi connectivity index (χ1v) is 6.21. The molecule has 0 aliphatic carbocycles. The average Bonchev–Trinajstić information content (AvgIpc) is 2.44. The molecule has 0 bridgehead atoms. The van der Waals surface area contributed by atoms with Crippen molar-refractivity contribution in [2.24, 2.45) is 0 Å². The van der Waals surface area contributed by atoms with E-state index in [9.17, 15) is 14.7 Å². The van der Waals surface area contributed by atoms with Crippen LogP contribution < -0.4 is 0 Å². The van der Waals surface area contributed by atoms with Gasteiger partial charge in [0.05, 0.1) is 0 Å². The van der Waals surface area contributed by atoms with Gasteiger partial charge in [0.15, 0.2) is 0 Å². The number of rotatable bonds is 3. The molecule has 5 nitrogen and oxygen atoms in total. The molecule has 0 fully saturated rings. The van der Waals surface area contributed by atoms with Crippen LogP contribution in [0.15, 0.2) is 36.5 Å². The van der Waals surface area contributed by atoms with Crippen molar-refractivity contribution in [1.29, 1.82) is 0 Å². The van der Waals surface area contributed by atoms with E-state index < -0.39 is 17.4 Å². The molecular formula is C15H16N2O3. The summed E-state index contributed by atoms with van der Waals surface area (Å²) in [6.07, 6.45) is 1.55. The van der Waals surface area contributed by atoms with Crippen molar-refractivity contribution in [3.63, 3.8) is 0 Å². The molecule has 0 aliphatic rings. The molecule has 2 rings (SSSR count). The predicted molar refractivity (Wildman–Crippen MR) is 75.6 cm³/mol. The molecule has 1 heterocycles. The normalized spacial score (nSPS) is 11.3. The third kappa shape index (κ3) is 2.22. The second-order valence-corrected chi connectivity index (χ2v) is 5.11. The molecule has 104 valence electrons. The van der Waals surface area contributed by atoms with E-state index in [1.807, 2.05) is 24.3 Å². The van der Waals surface area contributed by atoms with E-state index >= 15 is 0 Å². The van der Waals surface area contributed by atoms with Crippen molar-refractivity contribution in [2.75, 3.05) is 7.05 Å². The van der Waals surface area contributed by atoms with E-state index in [0.717, 1.165) is 5.39 Å². The summed E-state index contributed by atoms with van der Waals surface area (Å²) in [5, 5.41) is 10.8. The molecule has 1 N–H and O–H groups in total. The Kier molecular flexibility index (Phi) is 3.44. The highest BCUT2D eigenvalue weighted by atomic mass is 16.4. The molecule has 1 amide bonds. The number of aliphatic carboxylic acids is 1. The molecular weight excluding hydrogens is 256 g/mol. The molecule has 1 aromatic heterocycles. The minimum Gasteiger partial charge on any atom is -0.480 e. The van der Waals surface area contributed by atoms with Gasteiger partial charge in [-0.25, -0.2) is 4.79 Å². The summed E-state index contributed by atoms with van der Waals surface area (Å²) in [7, 11) is 1.47. The van der Waals surface area contributed by atoms with E-state index in [4.69, 9.17) is 0 Å². The predicted octanol–water partition coefficient (Wildman–Crippen LogP) is 2.17. The summed E-state index contributed by atoms with van der Waals surface area (Å²) >= 11 is 0. The van der Waals surface area contributed by atoms with Crippen molar-refractivity contribution in [1.82, 2.24) is 9.88 Å². The standard InChI is InChI=1S/C15H16N2O3/c1-15(2,14(19)20)17(3)13(18)12-11-7-5-4-6-10(11)8-9-16-12/h4-9H,1-3H3,(H,19,20). The van der Waals surface area contributed by atoms with E-state index in [-0.39, 0.29) is 5.69 Å². The number of hydrogen-bond donors (Lipinski definition) is 1. The van der Waals surface area contributed by atoms with Crippen LogP contribution in [-0.4, -0.2) is 39.5 Å². The number of aromatic nitrogens is 1.